The van der Waals surface area contributed by atoms with E-state index in [2.05, 4.69) is 27.8 Å². The van der Waals surface area contributed by atoms with Gasteiger partial charge in [-0.05, 0) is 48.1 Å². The van der Waals surface area contributed by atoms with Crippen LogP contribution >= 0.6 is 11.3 Å². The molecule has 7 heteroatoms. The molecule has 6 nitrogen and oxygen atoms in total. The van der Waals surface area contributed by atoms with Crippen LogP contribution in [0.2, 0.25) is 0 Å². The topological polar surface area (TPSA) is 76.1 Å². The van der Waals surface area contributed by atoms with Crippen LogP contribution in [0, 0.1) is 0 Å². The van der Waals surface area contributed by atoms with Gasteiger partial charge in [0.05, 0.1) is 11.4 Å². The molecular formula is C21H24N4O2S. The van der Waals surface area contributed by atoms with Crippen molar-refractivity contribution in [1.82, 2.24) is 15.5 Å². The van der Waals surface area contributed by atoms with E-state index >= 15 is 0 Å². The molecular weight excluding hydrogens is 372 g/mol. The zero-order valence-corrected chi connectivity index (χ0v) is 16.7. The Morgan fingerprint density at radius 2 is 1.96 bits per heavy atom. The summed E-state index contributed by atoms with van der Waals surface area (Å²) in [6, 6.07) is 15.3. The SMILES string of the molecule is CCCCc1ccc(NC(=O)NCCOc2ccc(-c3cccs3)nn2)cc1. The highest BCUT2D eigenvalue weighted by molar-refractivity contribution is 7.13. The third kappa shape index (κ3) is 6.06. The van der Waals surface area contributed by atoms with E-state index in [0.717, 1.165) is 22.7 Å². The van der Waals surface area contributed by atoms with Gasteiger partial charge in [0, 0.05) is 11.8 Å². The minimum Gasteiger partial charge on any atom is -0.475 e. The molecule has 0 saturated carbocycles. The summed E-state index contributed by atoms with van der Waals surface area (Å²) in [6.07, 6.45) is 3.42. The van der Waals surface area contributed by atoms with Gasteiger partial charge in [-0.1, -0.05) is 31.5 Å². The minimum atomic E-state index is -0.260. The summed E-state index contributed by atoms with van der Waals surface area (Å²) in [6.45, 7) is 2.86. The molecule has 3 aromatic rings. The van der Waals surface area contributed by atoms with E-state index in [-0.39, 0.29) is 6.03 Å². The van der Waals surface area contributed by atoms with Crippen LogP contribution in [0.4, 0.5) is 10.5 Å². The van der Waals surface area contributed by atoms with Crippen molar-refractivity contribution in [3.63, 3.8) is 0 Å². The first-order valence-corrected chi connectivity index (χ1v) is 10.3. The normalized spacial score (nSPS) is 10.5. The Labute approximate surface area is 169 Å². The van der Waals surface area contributed by atoms with Crippen LogP contribution in [0.1, 0.15) is 25.3 Å². The van der Waals surface area contributed by atoms with E-state index in [1.165, 1.54) is 18.4 Å². The average molecular weight is 397 g/mol. The number of urea groups is 1. The zero-order chi connectivity index (χ0) is 19.6. The number of anilines is 1. The Bertz CT molecular complexity index is 849. The predicted molar refractivity (Wildman–Crippen MR) is 113 cm³/mol. The number of hydrogen-bond donors (Lipinski definition) is 2. The largest absolute Gasteiger partial charge is 0.475 e. The first-order chi connectivity index (χ1) is 13.7. The summed E-state index contributed by atoms with van der Waals surface area (Å²) >= 11 is 1.61. The lowest BCUT2D eigenvalue weighted by atomic mass is 10.1. The summed E-state index contributed by atoms with van der Waals surface area (Å²) in [4.78, 5) is 13.0. The van der Waals surface area contributed by atoms with Crippen molar-refractivity contribution in [3.8, 4) is 16.5 Å². The Hall–Kier alpha value is -2.93. The zero-order valence-electron chi connectivity index (χ0n) is 15.9. The number of aromatic nitrogens is 2. The fraction of sp³-hybridized carbons (Fsp3) is 0.286. The number of nitrogens with one attached hydrogen (secondary N) is 2. The predicted octanol–water partition coefficient (Wildman–Crippen LogP) is 4.75. The minimum absolute atomic E-state index is 0.260. The van der Waals surface area contributed by atoms with Crippen LogP contribution in [0.15, 0.2) is 53.9 Å². The van der Waals surface area contributed by atoms with Crippen molar-refractivity contribution >= 4 is 23.1 Å². The number of amides is 2. The van der Waals surface area contributed by atoms with Gasteiger partial charge in [-0.15, -0.1) is 21.5 Å². The second kappa shape index (κ2) is 10.4. The first-order valence-electron chi connectivity index (χ1n) is 9.39. The van der Waals surface area contributed by atoms with Gasteiger partial charge in [0.25, 0.3) is 0 Å². The highest BCUT2D eigenvalue weighted by Gasteiger charge is 2.04. The average Bonchev–Trinajstić information content (AvgIpc) is 3.26. The van der Waals surface area contributed by atoms with Gasteiger partial charge in [-0.25, -0.2) is 4.79 Å². The van der Waals surface area contributed by atoms with E-state index in [0.29, 0.717) is 19.0 Å². The van der Waals surface area contributed by atoms with Crippen molar-refractivity contribution in [2.24, 2.45) is 0 Å². The molecule has 2 aromatic heterocycles. The Morgan fingerprint density at radius 1 is 1.11 bits per heavy atom. The Balaban J connectivity index is 1.36. The van der Waals surface area contributed by atoms with Crippen LogP contribution < -0.4 is 15.4 Å². The number of rotatable bonds is 9. The molecule has 3 rings (SSSR count). The second-order valence-electron chi connectivity index (χ2n) is 6.26. The van der Waals surface area contributed by atoms with Crippen molar-refractivity contribution in [1.29, 1.82) is 0 Å². The number of thiophene rings is 1. The number of unbranched alkanes of at least 4 members (excludes halogenated alkanes) is 1. The van der Waals surface area contributed by atoms with Gasteiger partial charge < -0.3 is 15.4 Å². The van der Waals surface area contributed by atoms with E-state index < -0.39 is 0 Å². The maximum absolute atomic E-state index is 12.0. The summed E-state index contributed by atoms with van der Waals surface area (Å²) in [5.74, 6) is 0.435. The fourth-order valence-electron chi connectivity index (χ4n) is 2.58. The molecule has 0 spiro atoms. The molecule has 0 aliphatic heterocycles. The molecule has 2 amide bonds. The quantitative estimate of drug-likeness (QED) is 0.512. The molecule has 0 saturated heterocycles. The van der Waals surface area contributed by atoms with Crippen molar-refractivity contribution < 1.29 is 9.53 Å². The number of nitrogens with zero attached hydrogens (tertiary/aromatic N) is 2. The van der Waals surface area contributed by atoms with E-state index in [4.69, 9.17) is 4.74 Å². The molecule has 0 aliphatic rings. The molecule has 0 fully saturated rings. The van der Waals surface area contributed by atoms with Gasteiger partial charge in [0.1, 0.15) is 12.3 Å². The molecule has 146 valence electrons. The van der Waals surface area contributed by atoms with Gasteiger partial charge in [-0.2, -0.15) is 0 Å². The molecule has 0 unspecified atom stereocenters. The smallest absolute Gasteiger partial charge is 0.319 e. The molecule has 1 aromatic carbocycles. The highest BCUT2D eigenvalue weighted by atomic mass is 32.1. The maximum atomic E-state index is 12.0. The number of ether oxygens (including phenoxy) is 1. The van der Waals surface area contributed by atoms with Crippen molar-refractivity contribution in [2.45, 2.75) is 26.2 Å². The lowest BCUT2D eigenvalue weighted by Gasteiger charge is -2.09. The highest BCUT2D eigenvalue weighted by Crippen LogP contribution is 2.22. The standard InChI is InChI=1S/C21H24N4O2S/c1-2-3-5-16-7-9-17(10-8-16)23-21(26)22-13-14-27-20-12-11-18(24-25-20)19-6-4-15-28-19/h4,6-12,15H,2-3,5,13-14H2,1H3,(H2,22,23,26). The molecule has 0 aliphatic carbocycles. The van der Waals surface area contributed by atoms with Gasteiger partial charge in [-0.3, -0.25) is 0 Å². The third-order valence-corrected chi connectivity index (χ3v) is 4.97. The molecule has 2 N–H and O–H groups in total. The lowest BCUT2D eigenvalue weighted by Crippen LogP contribution is -2.32. The summed E-state index contributed by atoms with van der Waals surface area (Å²) in [7, 11) is 0. The number of carbonyl (C=O) groups is 1. The maximum Gasteiger partial charge on any atom is 0.319 e. The molecule has 0 atom stereocenters. The van der Waals surface area contributed by atoms with Crippen LogP contribution in [-0.2, 0) is 6.42 Å². The third-order valence-electron chi connectivity index (χ3n) is 4.08. The monoisotopic (exact) mass is 396 g/mol. The summed E-state index contributed by atoms with van der Waals surface area (Å²) in [5.41, 5.74) is 2.88. The molecule has 2 heterocycles. The number of benzene rings is 1. The Kier molecular flexibility index (Phi) is 7.37. The lowest BCUT2D eigenvalue weighted by molar-refractivity contribution is 0.246. The molecule has 28 heavy (non-hydrogen) atoms. The van der Waals surface area contributed by atoms with Crippen molar-refractivity contribution in [3.05, 3.63) is 59.5 Å². The number of aryl methyl sites for hydroxylation is 1. The van der Waals surface area contributed by atoms with Gasteiger partial charge in [0.15, 0.2) is 0 Å². The second-order valence-corrected chi connectivity index (χ2v) is 7.21. The summed E-state index contributed by atoms with van der Waals surface area (Å²) in [5, 5.41) is 15.8. The van der Waals surface area contributed by atoms with E-state index in [1.54, 1.807) is 17.4 Å². The van der Waals surface area contributed by atoms with Crippen molar-refractivity contribution in [2.75, 3.05) is 18.5 Å². The van der Waals surface area contributed by atoms with E-state index in [9.17, 15) is 4.79 Å². The number of carbonyl (C=O) groups excluding carboxylic acids is 1. The molecule has 0 radical (unpaired) electrons. The molecule has 0 bridgehead atoms. The van der Waals surface area contributed by atoms with E-state index in [1.807, 2.05) is 47.8 Å². The van der Waals surface area contributed by atoms with Gasteiger partial charge in [0.2, 0.25) is 5.88 Å². The van der Waals surface area contributed by atoms with Crippen LogP contribution in [-0.4, -0.2) is 29.4 Å². The van der Waals surface area contributed by atoms with Gasteiger partial charge >= 0.3 is 6.03 Å². The number of hydrogen-bond acceptors (Lipinski definition) is 5. The van der Waals surface area contributed by atoms with Crippen LogP contribution in [0.5, 0.6) is 5.88 Å². The van der Waals surface area contributed by atoms with Crippen LogP contribution in [0.25, 0.3) is 10.6 Å². The first kappa shape index (κ1) is 19.8. The summed E-state index contributed by atoms with van der Waals surface area (Å²) < 4.78 is 5.52. The fourth-order valence-corrected chi connectivity index (χ4v) is 3.27. The Morgan fingerprint density at radius 3 is 2.64 bits per heavy atom. The van der Waals surface area contributed by atoms with Crippen LogP contribution in [0.3, 0.4) is 0 Å².